The average Bonchev–Trinajstić information content (AvgIpc) is 2.61. The molecule has 1 aromatic rings. The maximum atomic E-state index is 11.8. The highest BCUT2D eigenvalue weighted by Gasteiger charge is 2.26. The number of thiophene rings is 1. The van der Waals surface area contributed by atoms with Crippen molar-refractivity contribution in [2.24, 2.45) is 0 Å². The molecule has 18 heavy (non-hydrogen) atoms. The number of hydrogen-bond donors (Lipinski definition) is 1. The second-order valence-corrected chi connectivity index (χ2v) is 5.41. The van der Waals surface area contributed by atoms with Crippen LogP contribution in [0.25, 0.3) is 0 Å². The number of halogens is 4. The number of carbonyl (C=O) groups is 1. The highest BCUT2D eigenvalue weighted by Crippen LogP contribution is 2.21. The van der Waals surface area contributed by atoms with Gasteiger partial charge in [0.1, 0.15) is 0 Å². The molecule has 8 heteroatoms. The van der Waals surface area contributed by atoms with E-state index in [1.807, 2.05) is 5.38 Å². The van der Waals surface area contributed by atoms with Crippen LogP contribution in [0.4, 0.5) is 13.2 Å². The summed E-state index contributed by atoms with van der Waals surface area (Å²) in [4.78, 5) is 16.8. The van der Waals surface area contributed by atoms with Gasteiger partial charge in [-0.15, -0.1) is 11.3 Å². The van der Waals surface area contributed by atoms with Gasteiger partial charge in [0, 0.05) is 21.2 Å². The lowest BCUT2D eigenvalue weighted by molar-refractivity contribution is -0.142. The van der Waals surface area contributed by atoms with Gasteiger partial charge < -0.3 is 0 Å². The predicted octanol–water partition coefficient (Wildman–Crippen LogP) is 3.44. The summed E-state index contributed by atoms with van der Waals surface area (Å²) in [5.74, 6) is -0.378. The monoisotopic (exact) mass is 345 g/mol. The zero-order chi connectivity index (χ0) is 13.6. The number of nitrogens with one attached hydrogen (secondary N) is 1. The van der Waals surface area contributed by atoms with Gasteiger partial charge in [-0.25, -0.2) is 5.48 Å². The van der Waals surface area contributed by atoms with Crippen LogP contribution >= 0.6 is 27.3 Å². The first-order valence-corrected chi connectivity index (χ1v) is 6.74. The van der Waals surface area contributed by atoms with Crippen molar-refractivity contribution >= 4 is 33.2 Å². The summed E-state index contributed by atoms with van der Waals surface area (Å²) >= 11 is 4.67. The minimum absolute atomic E-state index is 0.148. The van der Waals surface area contributed by atoms with E-state index in [0.717, 1.165) is 9.35 Å². The molecule has 0 aromatic carbocycles. The van der Waals surface area contributed by atoms with E-state index in [9.17, 15) is 18.0 Å². The summed E-state index contributed by atoms with van der Waals surface area (Å²) < 4.78 is 36.2. The first-order chi connectivity index (χ1) is 8.37. The molecule has 0 radical (unpaired) electrons. The zero-order valence-electron chi connectivity index (χ0n) is 9.22. The number of alkyl halides is 3. The number of carbonyl (C=O) groups excluding carboxylic acids is 1. The highest BCUT2D eigenvalue weighted by molar-refractivity contribution is 9.10. The summed E-state index contributed by atoms with van der Waals surface area (Å²) in [7, 11) is 0. The molecule has 1 N–H and O–H groups in total. The highest BCUT2D eigenvalue weighted by atomic mass is 79.9. The molecule has 0 fully saturated rings. The molecule has 0 aliphatic rings. The third kappa shape index (κ3) is 6.97. The SMILES string of the molecule is O=C(Cc1cc(Br)cs1)NOCCCC(F)(F)F. The fourth-order valence-electron chi connectivity index (χ4n) is 1.12. The number of rotatable bonds is 6. The third-order valence-electron chi connectivity index (χ3n) is 1.85. The molecular weight excluding hydrogens is 335 g/mol. The van der Waals surface area contributed by atoms with Crippen LogP contribution < -0.4 is 5.48 Å². The van der Waals surface area contributed by atoms with Crippen molar-refractivity contribution < 1.29 is 22.8 Å². The minimum atomic E-state index is -4.18. The molecule has 1 rings (SSSR count). The number of amides is 1. The van der Waals surface area contributed by atoms with E-state index >= 15 is 0 Å². The Kier molecular flexibility index (Phi) is 6.10. The fourth-order valence-corrected chi connectivity index (χ4v) is 2.57. The Morgan fingerprint density at radius 2 is 2.22 bits per heavy atom. The predicted molar refractivity (Wildman–Crippen MR) is 65.1 cm³/mol. The second kappa shape index (κ2) is 7.10. The van der Waals surface area contributed by atoms with Crippen molar-refractivity contribution in [3.8, 4) is 0 Å². The Morgan fingerprint density at radius 1 is 1.50 bits per heavy atom. The second-order valence-electron chi connectivity index (χ2n) is 3.50. The van der Waals surface area contributed by atoms with Gasteiger partial charge >= 0.3 is 6.18 Å². The maximum absolute atomic E-state index is 11.8. The van der Waals surface area contributed by atoms with Crippen LogP contribution in [0, 0.1) is 0 Å². The first-order valence-electron chi connectivity index (χ1n) is 5.07. The van der Waals surface area contributed by atoms with Gasteiger partial charge in [0.2, 0.25) is 5.91 Å². The molecule has 1 aromatic heterocycles. The lowest BCUT2D eigenvalue weighted by Crippen LogP contribution is -2.26. The molecule has 0 unspecified atom stereocenters. The number of hydrogen-bond acceptors (Lipinski definition) is 3. The van der Waals surface area contributed by atoms with E-state index in [4.69, 9.17) is 0 Å². The Hall–Kier alpha value is -0.600. The lowest BCUT2D eigenvalue weighted by atomic mass is 10.3. The van der Waals surface area contributed by atoms with E-state index in [1.165, 1.54) is 11.3 Å². The average molecular weight is 346 g/mol. The van der Waals surface area contributed by atoms with Crippen molar-refractivity contribution in [1.82, 2.24) is 5.48 Å². The van der Waals surface area contributed by atoms with E-state index in [2.05, 4.69) is 26.2 Å². The van der Waals surface area contributed by atoms with Crippen LogP contribution in [0.2, 0.25) is 0 Å². The number of hydroxylamine groups is 1. The third-order valence-corrected chi connectivity index (χ3v) is 3.55. The Morgan fingerprint density at radius 3 is 2.78 bits per heavy atom. The standard InChI is InChI=1S/C10H11BrF3NO2S/c11-7-4-8(18-6-7)5-9(16)15-17-3-1-2-10(12,13)14/h4,6H,1-3,5H2,(H,15,16). The largest absolute Gasteiger partial charge is 0.389 e. The van der Waals surface area contributed by atoms with Gasteiger partial charge in [-0.3, -0.25) is 9.63 Å². The molecule has 0 aliphatic carbocycles. The van der Waals surface area contributed by atoms with E-state index in [-0.39, 0.29) is 25.4 Å². The lowest BCUT2D eigenvalue weighted by Gasteiger charge is -2.07. The summed E-state index contributed by atoms with van der Waals surface area (Å²) in [5.41, 5.74) is 2.11. The van der Waals surface area contributed by atoms with Crippen LogP contribution in [-0.2, 0) is 16.1 Å². The van der Waals surface area contributed by atoms with Crippen molar-refractivity contribution in [1.29, 1.82) is 0 Å². The van der Waals surface area contributed by atoms with Crippen molar-refractivity contribution in [2.45, 2.75) is 25.4 Å². The van der Waals surface area contributed by atoms with Crippen molar-refractivity contribution in [3.63, 3.8) is 0 Å². The van der Waals surface area contributed by atoms with Crippen molar-refractivity contribution in [2.75, 3.05) is 6.61 Å². The normalized spacial score (nSPS) is 11.6. The molecule has 0 bridgehead atoms. The van der Waals surface area contributed by atoms with Crippen molar-refractivity contribution in [3.05, 3.63) is 20.8 Å². The summed E-state index contributed by atoms with van der Waals surface area (Å²) in [6.45, 7) is -0.153. The van der Waals surface area contributed by atoms with Crippen LogP contribution in [0.1, 0.15) is 17.7 Å². The molecule has 1 heterocycles. The molecular formula is C10H11BrF3NO2S. The molecule has 0 saturated carbocycles. The fraction of sp³-hybridized carbons (Fsp3) is 0.500. The Balaban J connectivity index is 2.11. The topological polar surface area (TPSA) is 38.3 Å². The molecule has 0 atom stereocenters. The maximum Gasteiger partial charge on any atom is 0.389 e. The van der Waals surface area contributed by atoms with Gasteiger partial charge in [-0.1, -0.05) is 0 Å². The van der Waals surface area contributed by atoms with Gasteiger partial charge in [-0.2, -0.15) is 13.2 Å². The first kappa shape index (κ1) is 15.5. The quantitative estimate of drug-likeness (QED) is 0.633. The van der Waals surface area contributed by atoms with Crippen LogP contribution in [-0.4, -0.2) is 18.7 Å². The molecule has 0 spiro atoms. The summed E-state index contributed by atoms with van der Waals surface area (Å²) in [5, 5.41) is 1.84. The Labute approximate surface area is 114 Å². The van der Waals surface area contributed by atoms with Gasteiger partial charge in [0.05, 0.1) is 13.0 Å². The van der Waals surface area contributed by atoms with Crippen LogP contribution in [0.15, 0.2) is 15.9 Å². The smallest absolute Gasteiger partial charge is 0.274 e. The minimum Gasteiger partial charge on any atom is -0.274 e. The summed E-state index contributed by atoms with van der Waals surface area (Å²) in [6.07, 6.45) is -5.12. The van der Waals surface area contributed by atoms with E-state index in [1.54, 1.807) is 6.07 Å². The molecule has 102 valence electrons. The van der Waals surface area contributed by atoms with Gasteiger partial charge in [-0.05, 0) is 28.4 Å². The Bertz CT molecular complexity index is 395. The van der Waals surface area contributed by atoms with Gasteiger partial charge in [0.15, 0.2) is 0 Å². The van der Waals surface area contributed by atoms with E-state index < -0.39 is 12.6 Å². The molecule has 0 aliphatic heterocycles. The molecule has 3 nitrogen and oxygen atoms in total. The zero-order valence-corrected chi connectivity index (χ0v) is 11.6. The van der Waals surface area contributed by atoms with E-state index in [0.29, 0.717) is 0 Å². The molecule has 0 saturated heterocycles. The van der Waals surface area contributed by atoms with Gasteiger partial charge in [0.25, 0.3) is 0 Å². The van der Waals surface area contributed by atoms with Crippen LogP contribution in [0.5, 0.6) is 0 Å². The molecule has 1 amide bonds. The summed E-state index contributed by atoms with van der Waals surface area (Å²) in [6, 6.07) is 1.80. The van der Waals surface area contributed by atoms with Crippen LogP contribution in [0.3, 0.4) is 0 Å².